The van der Waals surface area contributed by atoms with Gasteiger partial charge < -0.3 is 5.11 Å². The molecule has 2 nitrogen and oxygen atoms in total. The molecular weight excluding hydrogens is 200 g/mol. The minimum absolute atomic E-state index is 0.0161. The monoisotopic (exact) mass is 214 g/mol. The molecule has 2 heteroatoms. The summed E-state index contributed by atoms with van der Waals surface area (Å²) >= 11 is 0. The van der Waals surface area contributed by atoms with Crippen LogP contribution in [0.2, 0.25) is 0 Å². The van der Waals surface area contributed by atoms with Crippen molar-refractivity contribution in [3.63, 3.8) is 0 Å². The maximum Gasteiger partial charge on any atom is 0.188 e. The van der Waals surface area contributed by atoms with Gasteiger partial charge in [0.1, 0.15) is 0 Å². The van der Waals surface area contributed by atoms with E-state index in [0.29, 0.717) is 12.0 Å². The van der Waals surface area contributed by atoms with E-state index in [0.717, 1.165) is 30.2 Å². The van der Waals surface area contributed by atoms with Gasteiger partial charge in [-0.2, -0.15) is 0 Å². The van der Waals surface area contributed by atoms with E-state index in [-0.39, 0.29) is 5.78 Å². The maximum atomic E-state index is 11.9. The van der Waals surface area contributed by atoms with Crippen molar-refractivity contribution in [1.29, 1.82) is 0 Å². The SMILES string of the molecule is O=C1C(=CO)CCC/C1=C/c1ccccc1. The molecule has 1 aromatic rings. The van der Waals surface area contributed by atoms with E-state index in [4.69, 9.17) is 5.11 Å². The first-order valence-corrected chi connectivity index (χ1v) is 5.45. The van der Waals surface area contributed by atoms with Crippen LogP contribution in [0, 0.1) is 0 Å². The van der Waals surface area contributed by atoms with Crippen LogP contribution in [0.1, 0.15) is 24.8 Å². The van der Waals surface area contributed by atoms with Crippen LogP contribution in [0.4, 0.5) is 0 Å². The van der Waals surface area contributed by atoms with Crippen molar-refractivity contribution in [3.05, 3.63) is 53.3 Å². The zero-order chi connectivity index (χ0) is 11.4. The van der Waals surface area contributed by atoms with Gasteiger partial charge in [-0.05, 0) is 30.9 Å². The van der Waals surface area contributed by atoms with Gasteiger partial charge in [0.15, 0.2) is 5.78 Å². The minimum atomic E-state index is -0.0161. The molecule has 1 aliphatic rings. The molecule has 82 valence electrons. The number of aliphatic hydroxyl groups is 1. The summed E-state index contributed by atoms with van der Waals surface area (Å²) in [7, 11) is 0. The third-order valence-corrected chi connectivity index (χ3v) is 2.77. The summed E-state index contributed by atoms with van der Waals surface area (Å²) in [6, 6.07) is 9.78. The number of allylic oxidation sites excluding steroid dienone is 2. The summed E-state index contributed by atoms with van der Waals surface area (Å²) in [4.78, 5) is 11.9. The molecule has 0 amide bonds. The number of carbonyl (C=O) groups is 1. The standard InChI is InChI=1S/C14H14O2/c15-10-13-8-4-7-12(14(13)16)9-11-5-2-1-3-6-11/h1-3,5-6,9-10,15H,4,7-8H2/b12-9-,13-10?. The second kappa shape index (κ2) is 4.79. The molecule has 1 aromatic carbocycles. The minimum Gasteiger partial charge on any atom is -0.515 e. The molecule has 0 saturated heterocycles. The smallest absolute Gasteiger partial charge is 0.188 e. The summed E-state index contributed by atoms with van der Waals surface area (Å²) in [6.45, 7) is 0. The lowest BCUT2D eigenvalue weighted by Crippen LogP contribution is -2.12. The largest absolute Gasteiger partial charge is 0.515 e. The number of rotatable bonds is 1. The van der Waals surface area contributed by atoms with Crippen LogP contribution in [-0.4, -0.2) is 10.9 Å². The normalized spacial score (nSPS) is 21.6. The molecule has 1 N–H and O–H groups in total. The van der Waals surface area contributed by atoms with Gasteiger partial charge in [-0.25, -0.2) is 0 Å². The first kappa shape index (κ1) is 10.7. The number of hydrogen-bond donors (Lipinski definition) is 1. The first-order valence-electron chi connectivity index (χ1n) is 5.45. The second-order valence-corrected chi connectivity index (χ2v) is 3.92. The molecule has 16 heavy (non-hydrogen) atoms. The molecule has 0 bridgehead atoms. The van der Waals surface area contributed by atoms with Gasteiger partial charge in [0, 0.05) is 11.1 Å². The Balaban J connectivity index is 2.27. The van der Waals surface area contributed by atoms with Crippen molar-refractivity contribution >= 4 is 11.9 Å². The molecule has 1 aliphatic carbocycles. The Morgan fingerprint density at radius 2 is 1.75 bits per heavy atom. The molecule has 0 spiro atoms. The summed E-state index contributed by atoms with van der Waals surface area (Å²) in [5.41, 5.74) is 2.34. The Bertz CT molecular complexity index is 441. The van der Waals surface area contributed by atoms with Crippen molar-refractivity contribution < 1.29 is 9.90 Å². The number of carbonyl (C=O) groups excluding carboxylic acids is 1. The quantitative estimate of drug-likeness (QED) is 0.575. The highest BCUT2D eigenvalue weighted by Gasteiger charge is 2.20. The van der Waals surface area contributed by atoms with Gasteiger partial charge in [-0.15, -0.1) is 0 Å². The fourth-order valence-electron chi connectivity index (χ4n) is 1.91. The summed E-state index contributed by atoms with van der Waals surface area (Å²) in [5, 5.41) is 8.94. The maximum absolute atomic E-state index is 11.9. The summed E-state index contributed by atoms with van der Waals surface area (Å²) in [5.74, 6) is -0.0161. The fourth-order valence-corrected chi connectivity index (χ4v) is 1.91. The van der Waals surface area contributed by atoms with Crippen molar-refractivity contribution in [2.45, 2.75) is 19.3 Å². The number of Topliss-reactive ketones (excluding diaryl/α,β-unsaturated/α-hetero) is 1. The average Bonchev–Trinajstić information content (AvgIpc) is 2.33. The number of ketones is 1. The Kier molecular flexibility index (Phi) is 3.20. The van der Waals surface area contributed by atoms with Crippen LogP contribution in [0.5, 0.6) is 0 Å². The highest BCUT2D eigenvalue weighted by Crippen LogP contribution is 2.25. The van der Waals surface area contributed by atoms with E-state index in [1.807, 2.05) is 36.4 Å². The molecule has 0 heterocycles. The average molecular weight is 214 g/mol. The lowest BCUT2D eigenvalue weighted by molar-refractivity contribution is -0.113. The lowest BCUT2D eigenvalue weighted by atomic mass is 9.88. The van der Waals surface area contributed by atoms with E-state index >= 15 is 0 Å². The molecule has 0 radical (unpaired) electrons. The molecule has 0 aromatic heterocycles. The van der Waals surface area contributed by atoms with E-state index < -0.39 is 0 Å². The van der Waals surface area contributed by atoms with Gasteiger partial charge in [-0.3, -0.25) is 4.79 Å². The van der Waals surface area contributed by atoms with Crippen LogP contribution in [0.15, 0.2) is 47.7 Å². The van der Waals surface area contributed by atoms with E-state index in [1.165, 1.54) is 0 Å². The highest BCUT2D eigenvalue weighted by atomic mass is 16.2. The lowest BCUT2D eigenvalue weighted by Gasteiger charge is -2.15. The summed E-state index contributed by atoms with van der Waals surface area (Å²) < 4.78 is 0. The molecular formula is C14H14O2. The van der Waals surface area contributed by atoms with Gasteiger partial charge in [-0.1, -0.05) is 30.3 Å². The first-order chi connectivity index (χ1) is 7.81. The predicted molar refractivity (Wildman–Crippen MR) is 64.0 cm³/mol. The fraction of sp³-hybridized carbons (Fsp3) is 0.214. The third kappa shape index (κ3) is 2.22. The van der Waals surface area contributed by atoms with E-state index in [9.17, 15) is 4.79 Å². The molecule has 1 saturated carbocycles. The zero-order valence-electron chi connectivity index (χ0n) is 9.02. The van der Waals surface area contributed by atoms with Crippen molar-refractivity contribution in [2.24, 2.45) is 0 Å². The topological polar surface area (TPSA) is 37.3 Å². The Morgan fingerprint density at radius 3 is 2.44 bits per heavy atom. The van der Waals surface area contributed by atoms with Crippen molar-refractivity contribution in [2.75, 3.05) is 0 Å². The van der Waals surface area contributed by atoms with E-state index in [1.54, 1.807) is 0 Å². The highest BCUT2D eigenvalue weighted by molar-refractivity contribution is 6.11. The molecule has 0 aliphatic heterocycles. The van der Waals surface area contributed by atoms with Crippen LogP contribution >= 0.6 is 0 Å². The zero-order valence-corrected chi connectivity index (χ0v) is 9.02. The number of hydrogen-bond acceptors (Lipinski definition) is 2. The second-order valence-electron chi connectivity index (χ2n) is 3.92. The van der Waals surface area contributed by atoms with Crippen LogP contribution in [0.25, 0.3) is 6.08 Å². The molecule has 1 fully saturated rings. The van der Waals surface area contributed by atoms with E-state index in [2.05, 4.69) is 0 Å². The van der Waals surface area contributed by atoms with Crippen molar-refractivity contribution in [1.82, 2.24) is 0 Å². The summed E-state index contributed by atoms with van der Waals surface area (Å²) in [6.07, 6.45) is 5.26. The van der Waals surface area contributed by atoms with Crippen LogP contribution in [0.3, 0.4) is 0 Å². The van der Waals surface area contributed by atoms with Crippen LogP contribution in [-0.2, 0) is 4.79 Å². The van der Waals surface area contributed by atoms with Crippen molar-refractivity contribution in [3.8, 4) is 0 Å². The van der Waals surface area contributed by atoms with Gasteiger partial charge in [0.2, 0.25) is 0 Å². The Morgan fingerprint density at radius 1 is 1.06 bits per heavy atom. The van der Waals surface area contributed by atoms with Crippen LogP contribution < -0.4 is 0 Å². The molecule has 0 unspecified atom stereocenters. The molecule has 2 rings (SSSR count). The predicted octanol–water partition coefficient (Wildman–Crippen LogP) is 3.26. The van der Waals surface area contributed by atoms with Gasteiger partial charge in [0.25, 0.3) is 0 Å². The Hall–Kier alpha value is -1.83. The molecule has 0 atom stereocenters. The van der Waals surface area contributed by atoms with Gasteiger partial charge >= 0.3 is 0 Å². The Labute approximate surface area is 94.9 Å². The number of benzene rings is 1. The number of aliphatic hydroxyl groups excluding tert-OH is 1. The third-order valence-electron chi connectivity index (χ3n) is 2.77. The van der Waals surface area contributed by atoms with Gasteiger partial charge in [0.05, 0.1) is 6.26 Å².